The van der Waals surface area contributed by atoms with Crippen LogP contribution >= 0.6 is 11.8 Å². The van der Waals surface area contributed by atoms with E-state index in [4.69, 9.17) is 9.84 Å². The average Bonchev–Trinajstić information content (AvgIpc) is 2.36. The van der Waals surface area contributed by atoms with E-state index in [1.54, 1.807) is 6.92 Å². The van der Waals surface area contributed by atoms with Crippen LogP contribution in [0.2, 0.25) is 0 Å². The molecule has 4 heteroatoms. The average molecular weight is 174 g/mol. The van der Waals surface area contributed by atoms with Crippen molar-refractivity contribution in [3.8, 4) is 0 Å². The van der Waals surface area contributed by atoms with Gasteiger partial charge in [0.2, 0.25) is 0 Å². The summed E-state index contributed by atoms with van der Waals surface area (Å²) in [6.07, 6.45) is 0. The zero-order valence-corrected chi connectivity index (χ0v) is 7.11. The number of carbonyl (C=O) groups is 1. The Hall–Kier alpha value is -0.640. The predicted molar refractivity (Wildman–Crippen MR) is 43.6 cm³/mol. The highest BCUT2D eigenvalue weighted by Crippen LogP contribution is 2.23. The number of hydrogen-bond acceptors (Lipinski definition) is 4. The Morgan fingerprint density at radius 2 is 2.45 bits per heavy atom. The number of carbonyl (C=O) groups excluding carboxylic acids is 1. The molecule has 1 heterocycles. The molecule has 0 saturated heterocycles. The third-order valence-corrected chi connectivity index (χ3v) is 2.33. The van der Waals surface area contributed by atoms with E-state index in [0.717, 1.165) is 0 Å². The first-order valence-electron chi connectivity index (χ1n) is 3.41. The van der Waals surface area contributed by atoms with Crippen LogP contribution in [-0.2, 0) is 9.53 Å². The van der Waals surface area contributed by atoms with Crippen LogP contribution in [0, 0.1) is 0 Å². The van der Waals surface area contributed by atoms with Crippen molar-refractivity contribution in [1.82, 2.24) is 0 Å². The zero-order chi connectivity index (χ0) is 8.27. The minimum absolute atomic E-state index is 0.174. The molecular weight excluding hydrogens is 164 g/mol. The van der Waals surface area contributed by atoms with Crippen LogP contribution in [-0.4, -0.2) is 29.2 Å². The molecule has 0 aliphatic carbocycles. The van der Waals surface area contributed by atoms with E-state index in [2.05, 4.69) is 0 Å². The van der Waals surface area contributed by atoms with E-state index >= 15 is 0 Å². The lowest BCUT2D eigenvalue weighted by Crippen LogP contribution is -2.09. The van der Waals surface area contributed by atoms with Gasteiger partial charge in [0.25, 0.3) is 0 Å². The van der Waals surface area contributed by atoms with E-state index in [9.17, 15) is 4.79 Å². The fourth-order valence-corrected chi connectivity index (χ4v) is 1.77. The first-order chi connectivity index (χ1) is 5.25. The fraction of sp³-hybridized carbons (Fsp3) is 0.571. The molecule has 0 aromatic rings. The maximum atomic E-state index is 11.0. The summed E-state index contributed by atoms with van der Waals surface area (Å²) >= 11 is 1.52. The van der Waals surface area contributed by atoms with E-state index in [0.29, 0.717) is 23.7 Å². The van der Waals surface area contributed by atoms with Gasteiger partial charge in [0.1, 0.15) is 5.76 Å². The third kappa shape index (κ3) is 1.89. The largest absolute Gasteiger partial charge is 0.511 e. The van der Waals surface area contributed by atoms with Crippen LogP contribution < -0.4 is 0 Å². The van der Waals surface area contributed by atoms with Crippen LogP contribution in [0.5, 0.6) is 0 Å². The highest BCUT2D eigenvalue weighted by atomic mass is 32.2. The van der Waals surface area contributed by atoms with Gasteiger partial charge in [-0.05, 0) is 6.92 Å². The van der Waals surface area contributed by atoms with E-state index < -0.39 is 0 Å². The van der Waals surface area contributed by atoms with Crippen LogP contribution in [0.4, 0.5) is 0 Å². The van der Waals surface area contributed by atoms with Crippen LogP contribution in [0.25, 0.3) is 0 Å². The van der Waals surface area contributed by atoms with E-state index in [1.807, 2.05) is 0 Å². The lowest BCUT2D eigenvalue weighted by molar-refractivity contribution is -0.138. The number of rotatable bonds is 2. The van der Waals surface area contributed by atoms with Gasteiger partial charge in [0.15, 0.2) is 0 Å². The molecule has 0 fully saturated rings. The first kappa shape index (κ1) is 8.46. The molecule has 1 rings (SSSR count). The van der Waals surface area contributed by atoms with Crippen molar-refractivity contribution in [2.45, 2.75) is 6.92 Å². The number of hydrogen-bond donors (Lipinski definition) is 1. The normalized spacial score (nSPS) is 17.2. The molecule has 1 aliphatic rings. The second-order valence-electron chi connectivity index (χ2n) is 2.14. The summed E-state index contributed by atoms with van der Waals surface area (Å²) in [4.78, 5) is 11.0. The number of ether oxygens (including phenoxy) is 1. The maximum absolute atomic E-state index is 11.0. The van der Waals surface area contributed by atoms with Gasteiger partial charge >= 0.3 is 5.97 Å². The first-order valence-corrected chi connectivity index (χ1v) is 4.57. The summed E-state index contributed by atoms with van der Waals surface area (Å²) < 4.78 is 4.73. The topological polar surface area (TPSA) is 46.5 Å². The van der Waals surface area contributed by atoms with Gasteiger partial charge in [-0.25, -0.2) is 4.79 Å². The summed E-state index contributed by atoms with van der Waals surface area (Å²) in [5.74, 6) is 0.905. The molecule has 0 aromatic carbocycles. The Bertz CT molecular complexity index is 198. The molecule has 0 spiro atoms. The lowest BCUT2D eigenvalue weighted by Gasteiger charge is -2.00. The molecule has 0 atom stereocenters. The van der Waals surface area contributed by atoms with Gasteiger partial charge in [-0.3, -0.25) is 0 Å². The summed E-state index contributed by atoms with van der Waals surface area (Å²) in [5.41, 5.74) is 0.428. The van der Waals surface area contributed by atoms with Crippen LogP contribution in [0.1, 0.15) is 6.92 Å². The van der Waals surface area contributed by atoms with Gasteiger partial charge < -0.3 is 9.84 Å². The van der Waals surface area contributed by atoms with Crippen LogP contribution in [0.15, 0.2) is 11.3 Å². The van der Waals surface area contributed by atoms with Crippen molar-refractivity contribution in [3.63, 3.8) is 0 Å². The van der Waals surface area contributed by atoms with Crippen molar-refractivity contribution in [2.75, 3.05) is 18.1 Å². The molecule has 11 heavy (non-hydrogen) atoms. The monoisotopic (exact) mass is 174 g/mol. The molecule has 1 N–H and O–H groups in total. The van der Waals surface area contributed by atoms with Crippen molar-refractivity contribution in [3.05, 3.63) is 11.3 Å². The Morgan fingerprint density at radius 3 is 2.91 bits per heavy atom. The zero-order valence-electron chi connectivity index (χ0n) is 6.29. The van der Waals surface area contributed by atoms with Crippen molar-refractivity contribution in [1.29, 1.82) is 0 Å². The Labute approximate surface area is 69.4 Å². The lowest BCUT2D eigenvalue weighted by atomic mass is 10.3. The van der Waals surface area contributed by atoms with Crippen molar-refractivity contribution in [2.24, 2.45) is 0 Å². The molecule has 1 aliphatic heterocycles. The third-order valence-electron chi connectivity index (χ3n) is 1.36. The molecule has 0 bridgehead atoms. The van der Waals surface area contributed by atoms with Gasteiger partial charge in [0.05, 0.1) is 17.9 Å². The summed E-state index contributed by atoms with van der Waals surface area (Å²) in [6.45, 7) is 2.11. The minimum atomic E-state index is -0.380. The van der Waals surface area contributed by atoms with Gasteiger partial charge in [0, 0.05) is 5.75 Å². The molecule has 0 saturated carbocycles. The Morgan fingerprint density at radius 1 is 1.73 bits per heavy atom. The molecule has 0 unspecified atom stereocenters. The van der Waals surface area contributed by atoms with E-state index in [-0.39, 0.29) is 11.7 Å². The van der Waals surface area contributed by atoms with Crippen LogP contribution in [0.3, 0.4) is 0 Å². The number of aliphatic hydroxyl groups is 1. The maximum Gasteiger partial charge on any atom is 0.338 e. The number of esters is 1. The quantitative estimate of drug-likeness (QED) is 0.637. The predicted octanol–water partition coefficient (Wildman–Crippen LogP) is 1.11. The van der Waals surface area contributed by atoms with E-state index in [1.165, 1.54) is 11.8 Å². The van der Waals surface area contributed by atoms with Gasteiger partial charge in [-0.15, -0.1) is 11.8 Å². The minimum Gasteiger partial charge on any atom is -0.511 e. The molecule has 0 amide bonds. The second kappa shape index (κ2) is 3.67. The molecule has 62 valence electrons. The summed E-state index contributed by atoms with van der Waals surface area (Å²) in [5, 5.41) is 9.14. The molecule has 0 radical (unpaired) electrons. The van der Waals surface area contributed by atoms with Crippen molar-refractivity contribution < 1.29 is 14.6 Å². The van der Waals surface area contributed by atoms with Gasteiger partial charge in [-0.2, -0.15) is 0 Å². The fourth-order valence-electron chi connectivity index (χ4n) is 0.815. The SMILES string of the molecule is CCOC(=O)C1=C(O)CSC1. The smallest absolute Gasteiger partial charge is 0.338 e. The second-order valence-corrected chi connectivity index (χ2v) is 3.12. The summed E-state index contributed by atoms with van der Waals surface area (Å²) in [7, 11) is 0. The highest BCUT2D eigenvalue weighted by Gasteiger charge is 2.21. The standard InChI is InChI=1S/C7H10O3S/c1-2-10-7(9)5-3-11-4-6(5)8/h8H,2-4H2,1H3. The summed E-state index contributed by atoms with van der Waals surface area (Å²) in [6, 6.07) is 0. The number of aliphatic hydroxyl groups excluding tert-OH is 1. The highest BCUT2D eigenvalue weighted by molar-refractivity contribution is 7.99. The Balaban J connectivity index is 2.59. The van der Waals surface area contributed by atoms with Crippen molar-refractivity contribution >= 4 is 17.7 Å². The molecule has 0 aromatic heterocycles. The Kier molecular flexibility index (Phi) is 2.82. The molecular formula is C7H10O3S. The number of thioether (sulfide) groups is 1. The molecule has 3 nitrogen and oxygen atoms in total. The van der Waals surface area contributed by atoms with Gasteiger partial charge in [-0.1, -0.05) is 0 Å².